The Balaban J connectivity index is 1.37. The molecule has 1 atom stereocenters. The second-order valence-corrected chi connectivity index (χ2v) is 9.13. The molecule has 5 nitrogen and oxygen atoms in total. The van der Waals surface area contributed by atoms with Gasteiger partial charge in [0.2, 0.25) is 5.91 Å². The summed E-state index contributed by atoms with van der Waals surface area (Å²) in [5.41, 5.74) is 5.80. The Labute approximate surface area is 208 Å². The van der Waals surface area contributed by atoms with Gasteiger partial charge in [0, 0.05) is 19.5 Å². The summed E-state index contributed by atoms with van der Waals surface area (Å²) in [4.78, 5) is 17.3. The van der Waals surface area contributed by atoms with E-state index in [9.17, 15) is 4.79 Å². The van der Waals surface area contributed by atoms with E-state index in [1.54, 1.807) is 7.11 Å². The molecule has 1 unspecified atom stereocenters. The van der Waals surface area contributed by atoms with Crippen LogP contribution < -0.4 is 10.1 Å². The smallest absolute Gasteiger partial charge is 0.224 e. The Hall–Kier alpha value is -3.60. The van der Waals surface area contributed by atoms with Crippen molar-refractivity contribution in [1.29, 1.82) is 0 Å². The molecule has 0 aliphatic heterocycles. The van der Waals surface area contributed by atoms with Crippen LogP contribution in [0.4, 0.5) is 0 Å². The van der Waals surface area contributed by atoms with Gasteiger partial charge in [-0.15, -0.1) is 0 Å². The van der Waals surface area contributed by atoms with Gasteiger partial charge in [0.25, 0.3) is 0 Å². The molecule has 0 spiro atoms. The molecule has 182 valence electrons. The second-order valence-electron chi connectivity index (χ2n) is 9.13. The quantitative estimate of drug-likeness (QED) is 0.278. The van der Waals surface area contributed by atoms with Crippen molar-refractivity contribution in [1.82, 2.24) is 14.9 Å². The highest BCUT2D eigenvalue weighted by atomic mass is 16.5. The Bertz CT molecular complexity index is 1240. The molecule has 5 heteroatoms. The predicted octanol–water partition coefficient (Wildman–Crippen LogP) is 5.90. The molecule has 1 heterocycles. The highest BCUT2D eigenvalue weighted by Gasteiger charge is 2.12. The van der Waals surface area contributed by atoms with E-state index < -0.39 is 0 Å². The lowest BCUT2D eigenvalue weighted by atomic mass is 9.97. The molecule has 0 bridgehead atoms. The number of benzene rings is 3. The number of carbonyl (C=O) groups is 1. The zero-order valence-corrected chi connectivity index (χ0v) is 21.0. The highest BCUT2D eigenvalue weighted by molar-refractivity contribution is 5.78. The minimum atomic E-state index is 0.0325. The zero-order valence-electron chi connectivity index (χ0n) is 21.0. The number of amides is 1. The van der Waals surface area contributed by atoms with Gasteiger partial charge in [0.05, 0.1) is 24.6 Å². The molecule has 0 saturated carbocycles. The second kappa shape index (κ2) is 11.7. The third-order valence-corrected chi connectivity index (χ3v) is 6.66. The van der Waals surface area contributed by atoms with Crippen LogP contribution in [0.3, 0.4) is 0 Å². The monoisotopic (exact) mass is 469 g/mol. The van der Waals surface area contributed by atoms with Gasteiger partial charge in [-0.25, -0.2) is 4.98 Å². The summed E-state index contributed by atoms with van der Waals surface area (Å²) in [5, 5.41) is 3.05. The number of methoxy groups -OCH3 is 1. The van der Waals surface area contributed by atoms with E-state index in [1.165, 1.54) is 11.1 Å². The number of aryl methyl sites for hydroxylation is 1. The van der Waals surface area contributed by atoms with Crippen LogP contribution in [-0.2, 0) is 24.2 Å². The third kappa shape index (κ3) is 6.30. The molecular weight excluding hydrogens is 434 g/mol. The average molecular weight is 470 g/mol. The van der Waals surface area contributed by atoms with Gasteiger partial charge in [-0.1, -0.05) is 62.4 Å². The van der Waals surface area contributed by atoms with Crippen LogP contribution >= 0.6 is 0 Å². The number of ether oxygens (including phenoxy) is 1. The van der Waals surface area contributed by atoms with Gasteiger partial charge in [0.1, 0.15) is 11.6 Å². The van der Waals surface area contributed by atoms with Crippen LogP contribution in [0.5, 0.6) is 5.75 Å². The number of imidazole rings is 1. The summed E-state index contributed by atoms with van der Waals surface area (Å²) < 4.78 is 7.49. The van der Waals surface area contributed by atoms with Gasteiger partial charge < -0.3 is 14.6 Å². The number of nitrogens with one attached hydrogen (secondary N) is 1. The standard InChI is InChI=1S/C30H35N3O2/c1-4-22(2)25-15-11-24(12-16-25)21-33-28-9-6-5-8-27(28)32-29(33)10-7-19-31-30(34)20-23-13-17-26(35-3)18-14-23/h5-6,8-9,11-18,22H,4,7,10,19-21H2,1-3H3,(H,31,34). The molecule has 0 aliphatic rings. The first-order valence-electron chi connectivity index (χ1n) is 12.5. The molecular formula is C30H35N3O2. The highest BCUT2D eigenvalue weighted by Crippen LogP contribution is 2.22. The van der Waals surface area contributed by atoms with E-state index in [0.717, 1.165) is 54.0 Å². The zero-order chi connectivity index (χ0) is 24.6. The third-order valence-electron chi connectivity index (χ3n) is 6.66. The van der Waals surface area contributed by atoms with E-state index in [-0.39, 0.29) is 5.91 Å². The van der Waals surface area contributed by atoms with Crippen molar-refractivity contribution in [2.24, 2.45) is 0 Å². The normalized spacial score (nSPS) is 12.0. The van der Waals surface area contributed by atoms with Crippen LogP contribution in [-0.4, -0.2) is 29.1 Å². The van der Waals surface area contributed by atoms with Crippen LogP contribution in [0.25, 0.3) is 11.0 Å². The first-order chi connectivity index (χ1) is 17.1. The minimum absolute atomic E-state index is 0.0325. The molecule has 3 aromatic carbocycles. The van der Waals surface area contributed by atoms with Crippen molar-refractivity contribution < 1.29 is 9.53 Å². The maximum absolute atomic E-state index is 12.4. The summed E-state index contributed by atoms with van der Waals surface area (Å²) in [6, 6.07) is 24.9. The summed E-state index contributed by atoms with van der Waals surface area (Å²) in [7, 11) is 1.64. The lowest BCUT2D eigenvalue weighted by Crippen LogP contribution is -2.26. The lowest BCUT2D eigenvalue weighted by molar-refractivity contribution is -0.120. The number of hydrogen-bond donors (Lipinski definition) is 1. The fourth-order valence-corrected chi connectivity index (χ4v) is 4.33. The molecule has 4 rings (SSSR count). The van der Waals surface area contributed by atoms with Crippen LogP contribution in [0.1, 0.15) is 55.1 Å². The summed E-state index contributed by atoms with van der Waals surface area (Å²) >= 11 is 0. The van der Waals surface area contributed by atoms with Crippen molar-refractivity contribution >= 4 is 16.9 Å². The Kier molecular flexibility index (Phi) is 8.19. The molecule has 0 fully saturated rings. The molecule has 35 heavy (non-hydrogen) atoms. The van der Waals surface area contributed by atoms with Crippen LogP contribution in [0, 0.1) is 0 Å². The van der Waals surface area contributed by atoms with Gasteiger partial charge in [-0.2, -0.15) is 0 Å². The topological polar surface area (TPSA) is 56.2 Å². The van der Waals surface area contributed by atoms with Crippen molar-refractivity contribution in [3.63, 3.8) is 0 Å². The average Bonchev–Trinajstić information content (AvgIpc) is 3.24. The molecule has 0 aliphatic carbocycles. The SMILES string of the molecule is CCC(C)c1ccc(Cn2c(CCCNC(=O)Cc3ccc(OC)cc3)nc3ccccc32)cc1. The minimum Gasteiger partial charge on any atom is -0.497 e. The first kappa shape index (κ1) is 24.5. The molecule has 0 radical (unpaired) electrons. The number of carbonyl (C=O) groups excluding carboxylic acids is 1. The summed E-state index contributed by atoms with van der Waals surface area (Å²) in [6.45, 7) is 5.92. The van der Waals surface area contributed by atoms with E-state index in [2.05, 4.69) is 66.2 Å². The Morgan fingerprint density at radius 3 is 2.43 bits per heavy atom. The molecule has 1 N–H and O–H groups in total. The van der Waals surface area contributed by atoms with E-state index >= 15 is 0 Å². The summed E-state index contributed by atoms with van der Waals surface area (Å²) in [6.07, 6.45) is 3.16. The van der Waals surface area contributed by atoms with Crippen molar-refractivity contribution in [2.75, 3.05) is 13.7 Å². The Morgan fingerprint density at radius 2 is 1.71 bits per heavy atom. The molecule has 1 amide bonds. The van der Waals surface area contributed by atoms with Gasteiger partial charge >= 0.3 is 0 Å². The van der Waals surface area contributed by atoms with Crippen LogP contribution in [0.15, 0.2) is 72.8 Å². The van der Waals surface area contributed by atoms with Gasteiger partial charge in [-0.05, 0) is 59.7 Å². The maximum Gasteiger partial charge on any atom is 0.224 e. The van der Waals surface area contributed by atoms with Crippen LogP contribution in [0.2, 0.25) is 0 Å². The molecule has 1 aromatic heterocycles. The van der Waals surface area contributed by atoms with Crippen molar-refractivity contribution in [3.05, 3.63) is 95.3 Å². The number of fused-ring (bicyclic) bond motifs is 1. The number of hydrogen-bond acceptors (Lipinski definition) is 3. The first-order valence-corrected chi connectivity index (χ1v) is 12.5. The van der Waals surface area contributed by atoms with E-state index in [0.29, 0.717) is 18.9 Å². The maximum atomic E-state index is 12.4. The fraction of sp³-hybridized carbons (Fsp3) is 0.333. The van der Waals surface area contributed by atoms with E-state index in [4.69, 9.17) is 9.72 Å². The lowest BCUT2D eigenvalue weighted by Gasteiger charge is -2.12. The van der Waals surface area contributed by atoms with Gasteiger partial charge in [0.15, 0.2) is 0 Å². The van der Waals surface area contributed by atoms with E-state index in [1.807, 2.05) is 30.3 Å². The Morgan fingerprint density at radius 1 is 1.00 bits per heavy atom. The summed E-state index contributed by atoms with van der Waals surface area (Å²) in [5.74, 6) is 2.46. The predicted molar refractivity (Wildman–Crippen MR) is 142 cm³/mol. The number of rotatable bonds is 11. The van der Waals surface area contributed by atoms with Crippen molar-refractivity contribution in [3.8, 4) is 5.75 Å². The molecule has 0 saturated heterocycles. The molecule has 4 aromatic rings. The largest absolute Gasteiger partial charge is 0.497 e. The fourth-order valence-electron chi connectivity index (χ4n) is 4.33. The number of nitrogens with zero attached hydrogens (tertiary/aromatic N) is 2. The number of para-hydroxylation sites is 2. The van der Waals surface area contributed by atoms with Crippen molar-refractivity contribution in [2.45, 2.75) is 52.0 Å². The van der Waals surface area contributed by atoms with Gasteiger partial charge in [-0.3, -0.25) is 4.79 Å². The number of aromatic nitrogens is 2.